The Kier molecular flexibility index (Phi) is 6.03. The Morgan fingerprint density at radius 2 is 2.30 bits per heavy atom. The first-order valence-corrected chi connectivity index (χ1v) is 9.81. The number of hydrogen-bond donors (Lipinski definition) is 2. The Bertz CT molecular complexity index is 1010. The lowest BCUT2D eigenvalue weighted by atomic mass is 10.1. The first-order chi connectivity index (χ1) is 14.7. The van der Waals surface area contributed by atoms with Crippen LogP contribution in [0.4, 0.5) is 4.39 Å². The summed E-state index contributed by atoms with van der Waals surface area (Å²) in [6.45, 7) is 1.58. The second kappa shape index (κ2) is 9.04. The van der Waals surface area contributed by atoms with Gasteiger partial charge < -0.3 is 19.9 Å². The van der Waals surface area contributed by atoms with E-state index in [4.69, 9.17) is 4.74 Å². The Balaban J connectivity index is 1.33. The number of aryl methyl sites for hydroxylation is 1. The molecule has 1 atom stereocenters. The molecule has 1 aliphatic rings. The average Bonchev–Trinajstić information content (AvgIpc) is 3.40. The van der Waals surface area contributed by atoms with E-state index in [2.05, 4.69) is 30.7 Å². The van der Waals surface area contributed by atoms with Gasteiger partial charge in [-0.05, 0) is 24.1 Å². The largest absolute Gasteiger partial charge is 0.377 e. The summed E-state index contributed by atoms with van der Waals surface area (Å²) >= 11 is 0. The van der Waals surface area contributed by atoms with E-state index in [1.54, 1.807) is 43.5 Å². The molecule has 0 amide bonds. The normalized spacial score (nSPS) is 16.4. The van der Waals surface area contributed by atoms with E-state index in [0.29, 0.717) is 37.2 Å². The molecule has 2 aromatic heterocycles. The number of hydrogen-bond acceptors (Lipinski definition) is 5. The third-order valence-corrected chi connectivity index (χ3v) is 4.99. The molecular weight excluding hydrogens is 387 g/mol. The van der Waals surface area contributed by atoms with Gasteiger partial charge in [0, 0.05) is 45.6 Å². The molecule has 1 unspecified atom stereocenters. The van der Waals surface area contributed by atoms with Crippen LogP contribution in [0.25, 0.3) is 5.69 Å². The van der Waals surface area contributed by atoms with Gasteiger partial charge in [-0.3, -0.25) is 4.99 Å². The number of rotatable bonds is 6. The van der Waals surface area contributed by atoms with Gasteiger partial charge in [0.15, 0.2) is 11.8 Å². The van der Waals surface area contributed by atoms with Crippen molar-refractivity contribution in [3.63, 3.8) is 0 Å². The number of aromatic nitrogens is 5. The van der Waals surface area contributed by atoms with E-state index < -0.39 is 0 Å². The second-order valence-electron chi connectivity index (χ2n) is 7.12. The lowest BCUT2D eigenvalue weighted by Crippen LogP contribution is -2.46. The van der Waals surface area contributed by atoms with E-state index in [9.17, 15) is 4.39 Å². The summed E-state index contributed by atoms with van der Waals surface area (Å²) in [4.78, 5) is 12.7. The third-order valence-electron chi connectivity index (χ3n) is 4.99. The van der Waals surface area contributed by atoms with Gasteiger partial charge in [0.25, 0.3) is 0 Å². The minimum absolute atomic E-state index is 0.182. The number of benzene rings is 1. The molecule has 3 heterocycles. The standard InChI is InChI=1S/C20H25FN8O/c1-22-20(25-15-4-6-19-26-18(12-30-2)27-29(19)11-15)24-10-14-3-5-17(16(21)9-14)28-8-7-23-13-28/h3,5,7-9,13,15H,4,6,10-12H2,1-2H3,(H2,22,24,25). The summed E-state index contributed by atoms with van der Waals surface area (Å²) in [6.07, 6.45) is 6.68. The van der Waals surface area contributed by atoms with Crippen molar-refractivity contribution in [1.82, 2.24) is 34.9 Å². The van der Waals surface area contributed by atoms with Crippen molar-refractivity contribution < 1.29 is 9.13 Å². The van der Waals surface area contributed by atoms with Gasteiger partial charge in [-0.15, -0.1) is 0 Å². The Morgan fingerprint density at radius 3 is 3.03 bits per heavy atom. The summed E-state index contributed by atoms with van der Waals surface area (Å²) in [6, 6.07) is 5.34. The quantitative estimate of drug-likeness (QED) is 0.470. The number of aliphatic imine (C=N–C) groups is 1. The fourth-order valence-corrected chi connectivity index (χ4v) is 3.51. The molecule has 1 aliphatic heterocycles. The number of fused-ring (bicyclic) bond motifs is 1. The summed E-state index contributed by atoms with van der Waals surface area (Å²) in [5.74, 6) is 2.06. The summed E-state index contributed by atoms with van der Waals surface area (Å²) in [7, 11) is 3.36. The van der Waals surface area contributed by atoms with E-state index >= 15 is 0 Å². The van der Waals surface area contributed by atoms with Crippen molar-refractivity contribution in [2.75, 3.05) is 14.2 Å². The molecule has 0 fully saturated rings. The highest BCUT2D eigenvalue weighted by atomic mass is 19.1. The first kappa shape index (κ1) is 20.0. The van der Waals surface area contributed by atoms with Gasteiger partial charge in [-0.2, -0.15) is 5.10 Å². The summed E-state index contributed by atoms with van der Waals surface area (Å²) in [5, 5.41) is 11.2. The highest BCUT2D eigenvalue weighted by Gasteiger charge is 2.22. The fourth-order valence-electron chi connectivity index (χ4n) is 3.51. The maximum absolute atomic E-state index is 14.4. The first-order valence-electron chi connectivity index (χ1n) is 9.81. The lowest BCUT2D eigenvalue weighted by molar-refractivity contribution is 0.177. The monoisotopic (exact) mass is 412 g/mol. The number of nitrogens with one attached hydrogen (secondary N) is 2. The van der Waals surface area contributed by atoms with Crippen LogP contribution in [-0.4, -0.2) is 50.5 Å². The van der Waals surface area contributed by atoms with E-state index in [-0.39, 0.29) is 11.9 Å². The number of imidazole rings is 1. The average molecular weight is 412 g/mol. The van der Waals surface area contributed by atoms with Crippen LogP contribution in [0.2, 0.25) is 0 Å². The van der Waals surface area contributed by atoms with Gasteiger partial charge in [0.05, 0.1) is 18.6 Å². The minimum atomic E-state index is -0.298. The molecule has 158 valence electrons. The van der Waals surface area contributed by atoms with Gasteiger partial charge in [0.2, 0.25) is 0 Å². The maximum Gasteiger partial charge on any atom is 0.191 e. The number of nitrogens with zero attached hydrogens (tertiary/aromatic N) is 6. The molecule has 0 saturated carbocycles. The molecule has 3 aromatic rings. The predicted octanol–water partition coefficient (Wildman–Crippen LogP) is 1.43. The molecule has 1 aromatic carbocycles. The predicted molar refractivity (Wildman–Crippen MR) is 110 cm³/mol. The fraction of sp³-hybridized carbons (Fsp3) is 0.400. The number of guanidine groups is 1. The molecular formula is C20H25FN8O. The van der Waals surface area contributed by atoms with Gasteiger partial charge in [-0.1, -0.05) is 6.07 Å². The van der Waals surface area contributed by atoms with Crippen LogP contribution >= 0.6 is 0 Å². The van der Waals surface area contributed by atoms with Crippen molar-refractivity contribution in [2.24, 2.45) is 4.99 Å². The molecule has 30 heavy (non-hydrogen) atoms. The van der Waals surface area contributed by atoms with E-state index in [1.807, 2.05) is 10.7 Å². The van der Waals surface area contributed by atoms with Crippen molar-refractivity contribution in [3.05, 3.63) is 59.9 Å². The van der Waals surface area contributed by atoms with E-state index in [1.165, 1.54) is 6.07 Å². The van der Waals surface area contributed by atoms with Gasteiger partial charge >= 0.3 is 0 Å². The smallest absolute Gasteiger partial charge is 0.191 e. The Morgan fingerprint density at radius 1 is 1.40 bits per heavy atom. The molecule has 0 radical (unpaired) electrons. The number of methoxy groups -OCH3 is 1. The zero-order valence-corrected chi connectivity index (χ0v) is 17.0. The summed E-state index contributed by atoms with van der Waals surface area (Å²) in [5.41, 5.74) is 1.29. The van der Waals surface area contributed by atoms with Crippen molar-refractivity contribution in [2.45, 2.75) is 38.6 Å². The van der Waals surface area contributed by atoms with E-state index in [0.717, 1.165) is 24.2 Å². The number of halogens is 1. The topological polar surface area (TPSA) is 94.2 Å². The second-order valence-corrected chi connectivity index (χ2v) is 7.12. The van der Waals surface area contributed by atoms with Crippen LogP contribution in [0.15, 0.2) is 41.9 Å². The van der Waals surface area contributed by atoms with Gasteiger partial charge in [0.1, 0.15) is 18.2 Å². The molecule has 0 saturated heterocycles. The SMILES string of the molecule is CN=C(NCc1ccc(-n2ccnc2)c(F)c1)NC1CCc2nc(COC)nn2C1. The zero-order valence-electron chi connectivity index (χ0n) is 17.0. The molecule has 2 N–H and O–H groups in total. The zero-order chi connectivity index (χ0) is 20.9. The van der Waals surface area contributed by atoms with Crippen LogP contribution in [0.3, 0.4) is 0 Å². The van der Waals surface area contributed by atoms with Crippen molar-refractivity contribution in [3.8, 4) is 5.69 Å². The molecule has 0 bridgehead atoms. The molecule has 4 rings (SSSR count). The molecule has 0 aliphatic carbocycles. The summed E-state index contributed by atoms with van der Waals surface area (Å²) < 4.78 is 23.1. The van der Waals surface area contributed by atoms with Crippen molar-refractivity contribution >= 4 is 5.96 Å². The van der Waals surface area contributed by atoms with Crippen LogP contribution in [0, 0.1) is 5.82 Å². The van der Waals surface area contributed by atoms with Crippen LogP contribution < -0.4 is 10.6 Å². The van der Waals surface area contributed by atoms with Gasteiger partial charge in [-0.25, -0.2) is 19.0 Å². The maximum atomic E-state index is 14.4. The van der Waals surface area contributed by atoms with Crippen LogP contribution in [-0.2, 0) is 30.9 Å². The molecule has 10 heteroatoms. The van der Waals surface area contributed by atoms with Crippen LogP contribution in [0.5, 0.6) is 0 Å². The highest BCUT2D eigenvalue weighted by molar-refractivity contribution is 5.79. The Hall–Kier alpha value is -3.27. The Labute approximate surface area is 174 Å². The van der Waals surface area contributed by atoms with Crippen LogP contribution in [0.1, 0.15) is 23.6 Å². The molecule has 9 nitrogen and oxygen atoms in total. The van der Waals surface area contributed by atoms with Crippen molar-refractivity contribution in [1.29, 1.82) is 0 Å². The molecule has 0 spiro atoms. The number of ether oxygens (including phenoxy) is 1. The minimum Gasteiger partial charge on any atom is -0.377 e. The third kappa shape index (κ3) is 4.48. The highest BCUT2D eigenvalue weighted by Crippen LogP contribution is 2.15. The lowest BCUT2D eigenvalue weighted by Gasteiger charge is -2.25.